The molecule has 82 valence electrons. The number of methoxy groups -OCH3 is 1. The lowest BCUT2D eigenvalue weighted by Gasteiger charge is -1.96. The summed E-state index contributed by atoms with van der Waals surface area (Å²) in [7, 11) is 1.37. The van der Waals surface area contributed by atoms with Gasteiger partial charge in [-0.15, -0.1) is 0 Å². The average Bonchev–Trinajstić information content (AvgIpc) is 2.64. The molecule has 0 bridgehead atoms. The molecule has 0 saturated heterocycles. The summed E-state index contributed by atoms with van der Waals surface area (Å²) >= 11 is 0. The highest BCUT2D eigenvalue weighted by Gasteiger charge is 2.02. The maximum absolute atomic E-state index is 11.0. The Bertz CT molecular complexity index is 552. The van der Waals surface area contributed by atoms with Gasteiger partial charge in [-0.25, -0.2) is 4.79 Å². The fourth-order valence-electron chi connectivity index (χ4n) is 1.71. The highest BCUT2D eigenvalue weighted by atomic mass is 16.5. The van der Waals surface area contributed by atoms with Gasteiger partial charge in [0.25, 0.3) is 0 Å². The molecule has 2 rings (SSSR count). The third kappa shape index (κ3) is 1.84. The van der Waals surface area contributed by atoms with Crippen molar-refractivity contribution in [2.24, 2.45) is 0 Å². The highest BCUT2D eigenvalue weighted by Crippen LogP contribution is 2.20. The number of hydrogen-bond acceptors (Lipinski definition) is 2. The maximum Gasteiger partial charge on any atom is 0.331 e. The van der Waals surface area contributed by atoms with Gasteiger partial charge < -0.3 is 9.30 Å². The van der Waals surface area contributed by atoms with Gasteiger partial charge >= 0.3 is 5.97 Å². The van der Waals surface area contributed by atoms with Gasteiger partial charge in [0.05, 0.1) is 12.6 Å². The van der Waals surface area contributed by atoms with Crippen LogP contribution >= 0.6 is 0 Å². The van der Waals surface area contributed by atoms with Crippen molar-refractivity contribution in [3.8, 4) is 0 Å². The van der Waals surface area contributed by atoms with Gasteiger partial charge in [0, 0.05) is 23.9 Å². The van der Waals surface area contributed by atoms with E-state index in [1.807, 2.05) is 35.9 Å². The molecule has 1 aromatic heterocycles. The van der Waals surface area contributed by atoms with Crippen molar-refractivity contribution >= 4 is 23.1 Å². The third-order valence-corrected chi connectivity index (χ3v) is 2.51. The number of para-hydroxylation sites is 1. The molecule has 3 nitrogen and oxygen atoms in total. The minimum Gasteiger partial charge on any atom is -0.466 e. The first-order valence-electron chi connectivity index (χ1n) is 5.04. The molecule has 0 amide bonds. The zero-order valence-corrected chi connectivity index (χ0v) is 9.31. The van der Waals surface area contributed by atoms with Crippen molar-refractivity contribution in [1.82, 2.24) is 4.57 Å². The normalized spacial score (nSPS) is 11.1. The van der Waals surface area contributed by atoms with Crippen molar-refractivity contribution in [2.75, 3.05) is 7.11 Å². The van der Waals surface area contributed by atoms with Gasteiger partial charge in [-0.05, 0) is 18.6 Å². The number of carbonyl (C=O) groups is 1. The number of carbonyl (C=O) groups excluding carboxylic acids is 1. The van der Waals surface area contributed by atoms with Crippen molar-refractivity contribution < 1.29 is 9.53 Å². The molecule has 0 aliphatic carbocycles. The van der Waals surface area contributed by atoms with Crippen LogP contribution in [0.4, 0.5) is 0 Å². The second-order valence-corrected chi connectivity index (χ2v) is 3.58. The lowest BCUT2D eigenvalue weighted by molar-refractivity contribution is -0.134. The first kappa shape index (κ1) is 10.5. The molecule has 0 fully saturated rings. The topological polar surface area (TPSA) is 31.2 Å². The minimum atomic E-state index is -0.351. The minimum absolute atomic E-state index is 0.351. The molecule has 0 aliphatic rings. The molecule has 1 aromatic carbocycles. The first-order valence-corrected chi connectivity index (χ1v) is 5.04. The smallest absolute Gasteiger partial charge is 0.331 e. The maximum atomic E-state index is 11.0. The summed E-state index contributed by atoms with van der Waals surface area (Å²) in [6, 6.07) is 8.06. The van der Waals surface area contributed by atoms with E-state index in [1.165, 1.54) is 24.1 Å². The Morgan fingerprint density at radius 2 is 2.12 bits per heavy atom. The number of benzene rings is 1. The monoisotopic (exact) mass is 215 g/mol. The van der Waals surface area contributed by atoms with E-state index in [2.05, 4.69) is 10.8 Å². The fraction of sp³-hybridized carbons (Fsp3) is 0.154. The molecule has 1 heterocycles. The van der Waals surface area contributed by atoms with Crippen LogP contribution in [0.2, 0.25) is 0 Å². The van der Waals surface area contributed by atoms with Crippen LogP contribution in [0.3, 0.4) is 0 Å². The Morgan fingerprint density at radius 3 is 2.88 bits per heavy atom. The SMILES string of the molecule is COC(=O)/C=C/n1cc(C)c2ccccc21. The molecule has 0 atom stereocenters. The summed E-state index contributed by atoms with van der Waals surface area (Å²) in [6.07, 6.45) is 5.11. The van der Waals surface area contributed by atoms with Crippen LogP contribution in [0.15, 0.2) is 36.5 Å². The summed E-state index contributed by atoms with van der Waals surface area (Å²) in [6.45, 7) is 2.05. The van der Waals surface area contributed by atoms with E-state index in [0.29, 0.717) is 0 Å². The second kappa shape index (κ2) is 4.23. The third-order valence-electron chi connectivity index (χ3n) is 2.51. The molecule has 0 N–H and O–H groups in total. The number of esters is 1. The molecular formula is C13H13NO2. The van der Waals surface area contributed by atoms with E-state index in [4.69, 9.17) is 0 Å². The van der Waals surface area contributed by atoms with Crippen LogP contribution in [0.25, 0.3) is 17.1 Å². The van der Waals surface area contributed by atoms with Crippen LogP contribution in [0.5, 0.6) is 0 Å². The molecule has 2 aromatic rings. The van der Waals surface area contributed by atoms with Gasteiger partial charge in [-0.1, -0.05) is 18.2 Å². The molecule has 3 heteroatoms. The summed E-state index contributed by atoms with van der Waals surface area (Å²) in [5, 5.41) is 1.19. The molecule has 16 heavy (non-hydrogen) atoms. The quantitative estimate of drug-likeness (QED) is 0.569. The second-order valence-electron chi connectivity index (χ2n) is 3.58. The number of nitrogens with zero attached hydrogens (tertiary/aromatic N) is 1. The fourth-order valence-corrected chi connectivity index (χ4v) is 1.71. The number of aromatic nitrogens is 1. The van der Waals surface area contributed by atoms with Crippen molar-refractivity contribution in [2.45, 2.75) is 6.92 Å². The standard InChI is InChI=1S/C13H13NO2/c1-10-9-14(8-7-13(15)16-2)12-6-4-3-5-11(10)12/h3-9H,1-2H3/b8-7+. The van der Waals surface area contributed by atoms with Gasteiger partial charge in [0.2, 0.25) is 0 Å². The molecular weight excluding hydrogens is 202 g/mol. The predicted molar refractivity (Wildman–Crippen MR) is 64.0 cm³/mol. The van der Waals surface area contributed by atoms with E-state index < -0.39 is 0 Å². The van der Waals surface area contributed by atoms with E-state index in [9.17, 15) is 4.79 Å². The first-order chi connectivity index (χ1) is 7.72. The van der Waals surface area contributed by atoms with Gasteiger partial charge in [-0.3, -0.25) is 0 Å². The number of rotatable bonds is 2. The van der Waals surface area contributed by atoms with Crippen LogP contribution in [-0.2, 0) is 9.53 Å². The number of hydrogen-bond donors (Lipinski definition) is 0. The zero-order chi connectivity index (χ0) is 11.5. The van der Waals surface area contributed by atoms with Crippen molar-refractivity contribution in [1.29, 1.82) is 0 Å². The average molecular weight is 215 g/mol. The summed E-state index contributed by atoms with van der Waals surface area (Å²) < 4.78 is 6.47. The number of aryl methyl sites for hydroxylation is 1. The summed E-state index contributed by atoms with van der Waals surface area (Å²) in [5.74, 6) is -0.351. The zero-order valence-electron chi connectivity index (χ0n) is 9.31. The Kier molecular flexibility index (Phi) is 2.77. The largest absolute Gasteiger partial charge is 0.466 e. The van der Waals surface area contributed by atoms with Gasteiger partial charge in [0.1, 0.15) is 0 Å². The Labute approximate surface area is 93.9 Å². The van der Waals surface area contributed by atoms with Crippen molar-refractivity contribution in [3.63, 3.8) is 0 Å². The van der Waals surface area contributed by atoms with Crippen molar-refractivity contribution in [3.05, 3.63) is 42.1 Å². The predicted octanol–water partition coefficient (Wildman–Crippen LogP) is 2.59. The van der Waals surface area contributed by atoms with E-state index in [0.717, 1.165) is 5.52 Å². The molecule has 0 unspecified atom stereocenters. The Hall–Kier alpha value is -2.03. The Balaban J connectivity index is 2.46. The van der Waals surface area contributed by atoms with E-state index >= 15 is 0 Å². The molecule has 0 spiro atoms. The Morgan fingerprint density at radius 1 is 1.38 bits per heavy atom. The van der Waals surface area contributed by atoms with Crippen LogP contribution in [-0.4, -0.2) is 17.6 Å². The number of fused-ring (bicyclic) bond motifs is 1. The van der Waals surface area contributed by atoms with E-state index in [-0.39, 0.29) is 5.97 Å². The molecule has 0 aliphatic heterocycles. The van der Waals surface area contributed by atoms with Crippen LogP contribution in [0.1, 0.15) is 5.56 Å². The molecule has 0 saturated carbocycles. The lowest BCUT2D eigenvalue weighted by atomic mass is 10.2. The van der Waals surface area contributed by atoms with Gasteiger partial charge in [0.15, 0.2) is 0 Å². The lowest BCUT2D eigenvalue weighted by Crippen LogP contribution is -1.95. The molecule has 0 radical (unpaired) electrons. The summed E-state index contributed by atoms with van der Waals surface area (Å²) in [5.41, 5.74) is 2.27. The van der Waals surface area contributed by atoms with Crippen LogP contribution in [0, 0.1) is 6.92 Å². The van der Waals surface area contributed by atoms with Gasteiger partial charge in [-0.2, -0.15) is 0 Å². The van der Waals surface area contributed by atoms with Crippen LogP contribution < -0.4 is 0 Å². The van der Waals surface area contributed by atoms with E-state index in [1.54, 1.807) is 6.20 Å². The highest BCUT2D eigenvalue weighted by molar-refractivity contribution is 5.89. The number of ether oxygens (including phenoxy) is 1. The summed E-state index contributed by atoms with van der Waals surface area (Å²) in [4.78, 5) is 11.0.